The molecule has 2 heteroatoms. The molecule has 0 fully saturated rings. The number of unbranched alkanes of at least 4 members (excludes halogenated alkanes) is 10. The molecule has 0 N–H and O–H groups in total. The zero-order chi connectivity index (χ0) is 43.5. The van der Waals surface area contributed by atoms with Crippen LogP contribution >= 0.6 is 0 Å². The lowest BCUT2D eigenvalue weighted by Crippen LogP contribution is -2.26. The first-order chi connectivity index (χ1) is 30.3. The van der Waals surface area contributed by atoms with Gasteiger partial charge in [0.2, 0.25) is 0 Å². The van der Waals surface area contributed by atoms with E-state index in [9.17, 15) is 0 Å². The topological polar surface area (TPSA) is 6.48 Å². The highest BCUT2D eigenvalue weighted by atomic mass is 15.1. The molecule has 0 amide bonds. The summed E-state index contributed by atoms with van der Waals surface area (Å²) in [6.45, 7) is 17.8. The largest absolute Gasteiger partial charge is 0.310 e. The summed E-state index contributed by atoms with van der Waals surface area (Å²) >= 11 is 0. The Kier molecular flexibility index (Phi) is 15.3. The van der Waals surface area contributed by atoms with Crippen LogP contribution in [0.1, 0.15) is 151 Å². The van der Waals surface area contributed by atoms with E-state index in [-0.39, 0.29) is 5.41 Å². The third-order valence-corrected chi connectivity index (χ3v) is 13.5. The molecule has 6 aromatic rings. The molecular formula is C60H72N2. The maximum atomic E-state index is 4.33. The number of anilines is 6. The number of nitrogens with zero attached hydrogens (tertiary/aromatic N) is 2. The van der Waals surface area contributed by atoms with Crippen molar-refractivity contribution in [2.24, 2.45) is 0 Å². The maximum absolute atomic E-state index is 4.33. The fraction of sp³-hybridized carbons (Fsp3) is 0.367. The molecule has 0 bridgehead atoms. The summed E-state index contributed by atoms with van der Waals surface area (Å²) in [5.74, 6) is 0. The van der Waals surface area contributed by atoms with Gasteiger partial charge in [-0.15, -0.1) is 0 Å². The number of rotatable bonds is 22. The van der Waals surface area contributed by atoms with Crippen LogP contribution in [0.3, 0.4) is 0 Å². The van der Waals surface area contributed by atoms with Gasteiger partial charge in [0.25, 0.3) is 0 Å². The van der Waals surface area contributed by atoms with Crippen LogP contribution in [0.5, 0.6) is 0 Å². The summed E-state index contributed by atoms with van der Waals surface area (Å²) in [5, 5.41) is 0. The molecule has 1 aliphatic rings. The number of fused-ring (bicyclic) bond motifs is 3. The van der Waals surface area contributed by atoms with Crippen LogP contribution in [-0.4, -0.2) is 0 Å². The highest BCUT2D eigenvalue weighted by Gasteiger charge is 2.43. The van der Waals surface area contributed by atoms with Crippen LogP contribution < -0.4 is 9.80 Å². The Morgan fingerprint density at radius 1 is 0.452 bits per heavy atom. The van der Waals surface area contributed by atoms with Gasteiger partial charge in [0.05, 0.1) is 0 Å². The fourth-order valence-electron chi connectivity index (χ4n) is 10.1. The minimum absolute atomic E-state index is 0.104. The highest BCUT2D eigenvalue weighted by molar-refractivity contribution is 5.89. The molecule has 0 saturated carbocycles. The van der Waals surface area contributed by atoms with E-state index in [4.69, 9.17) is 0 Å². The molecule has 2 nitrogen and oxygen atoms in total. The molecule has 0 aliphatic heterocycles. The third-order valence-electron chi connectivity index (χ3n) is 13.5. The molecule has 0 spiro atoms. The van der Waals surface area contributed by atoms with Crippen molar-refractivity contribution in [2.45, 2.75) is 143 Å². The van der Waals surface area contributed by atoms with Crippen molar-refractivity contribution in [1.29, 1.82) is 0 Å². The minimum atomic E-state index is -0.104. The Labute approximate surface area is 375 Å². The molecule has 0 saturated heterocycles. The second kappa shape index (κ2) is 21.2. The molecule has 1 aliphatic carbocycles. The van der Waals surface area contributed by atoms with E-state index in [1.807, 2.05) is 0 Å². The van der Waals surface area contributed by atoms with Crippen molar-refractivity contribution < 1.29 is 0 Å². The van der Waals surface area contributed by atoms with E-state index in [1.165, 1.54) is 150 Å². The number of allylic oxidation sites excluding steroid dienone is 1. The van der Waals surface area contributed by atoms with E-state index >= 15 is 0 Å². The Balaban J connectivity index is 1.42. The van der Waals surface area contributed by atoms with Crippen LogP contribution in [0.15, 0.2) is 140 Å². The average molecular weight is 821 g/mol. The Hall–Kier alpha value is -5.34. The van der Waals surface area contributed by atoms with Crippen LogP contribution in [0.2, 0.25) is 0 Å². The van der Waals surface area contributed by atoms with Gasteiger partial charge in [-0.25, -0.2) is 0 Å². The summed E-state index contributed by atoms with van der Waals surface area (Å²) in [4.78, 5) is 4.99. The van der Waals surface area contributed by atoms with Gasteiger partial charge in [-0.05, 0) is 157 Å². The molecule has 0 aromatic heterocycles. The van der Waals surface area contributed by atoms with Crippen molar-refractivity contribution in [3.05, 3.63) is 173 Å². The monoisotopic (exact) mass is 821 g/mol. The Morgan fingerprint density at radius 3 is 1.34 bits per heavy atom. The van der Waals surface area contributed by atoms with Gasteiger partial charge < -0.3 is 9.80 Å². The predicted octanol–water partition coefficient (Wildman–Crippen LogP) is 18.6. The number of hydrogen-bond donors (Lipinski definition) is 0. The first-order valence-electron chi connectivity index (χ1n) is 24.1. The first kappa shape index (κ1) is 44.7. The van der Waals surface area contributed by atoms with Crippen LogP contribution in [0.4, 0.5) is 34.1 Å². The van der Waals surface area contributed by atoms with Gasteiger partial charge >= 0.3 is 0 Å². The molecule has 322 valence electrons. The second-order valence-electron chi connectivity index (χ2n) is 18.3. The Bertz CT molecular complexity index is 2400. The summed E-state index contributed by atoms with van der Waals surface area (Å²) in [7, 11) is 0. The molecule has 0 radical (unpaired) electrons. The third kappa shape index (κ3) is 10.1. The fourth-order valence-corrected chi connectivity index (χ4v) is 10.1. The molecule has 0 unspecified atom stereocenters. The lowest BCUT2D eigenvalue weighted by atomic mass is 9.70. The molecular weight excluding hydrogens is 749 g/mol. The zero-order valence-corrected chi connectivity index (χ0v) is 38.9. The molecule has 7 rings (SSSR count). The van der Waals surface area contributed by atoms with E-state index in [1.54, 1.807) is 0 Å². The van der Waals surface area contributed by atoms with Gasteiger partial charge in [-0.3, -0.25) is 0 Å². The average Bonchev–Trinajstić information content (AvgIpc) is 3.54. The van der Waals surface area contributed by atoms with Gasteiger partial charge in [0, 0.05) is 39.5 Å². The Morgan fingerprint density at radius 2 is 0.871 bits per heavy atom. The predicted molar refractivity (Wildman–Crippen MR) is 272 cm³/mol. The van der Waals surface area contributed by atoms with Crippen molar-refractivity contribution in [3.63, 3.8) is 0 Å². The highest BCUT2D eigenvalue weighted by Crippen LogP contribution is 2.57. The second-order valence-corrected chi connectivity index (χ2v) is 18.3. The van der Waals surface area contributed by atoms with Crippen molar-refractivity contribution in [2.75, 3.05) is 9.80 Å². The van der Waals surface area contributed by atoms with Crippen molar-refractivity contribution in [3.8, 4) is 11.1 Å². The quantitative estimate of drug-likeness (QED) is 0.0630. The van der Waals surface area contributed by atoms with E-state index in [2.05, 4.69) is 191 Å². The summed E-state index contributed by atoms with van der Waals surface area (Å²) < 4.78 is 0. The zero-order valence-electron chi connectivity index (χ0n) is 38.9. The van der Waals surface area contributed by atoms with E-state index < -0.39 is 0 Å². The normalized spacial score (nSPS) is 12.5. The maximum Gasteiger partial charge on any atom is 0.0467 e. The SMILES string of the molecule is C=C(C)c1cccc(N(c2cccc(C)c2)c2ccc3c(c2)C(CCCCCCCC)(CCCCCCCC)c2cc(N(c4cccc(C)c4)c4cccc(CC)c4)ccc2-3)c1. The van der Waals surface area contributed by atoms with Gasteiger partial charge in [0.15, 0.2) is 0 Å². The molecule has 62 heavy (non-hydrogen) atoms. The van der Waals surface area contributed by atoms with Gasteiger partial charge in [-0.1, -0.05) is 171 Å². The van der Waals surface area contributed by atoms with Crippen molar-refractivity contribution in [1.82, 2.24) is 0 Å². The smallest absolute Gasteiger partial charge is 0.0467 e. The van der Waals surface area contributed by atoms with Crippen LogP contribution in [0, 0.1) is 13.8 Å². The standard InChI is InChI=1S/C60H72N2/c1-8-11-13-15-17-19-37-60(38-20-18-16-14-12-9-2)58-43-54(61(50-29-21-25-46(6)39-50)52-31-23-27-48(10-3)41-52)33-35-56(58)57-36-34-55(44-59(57)60)62(51-30-22-26-47(7)40-51)53-32-24-28-49(42-53)45(4)5/h21-36,39-44H,4,8-20,37-38H2,1-3,5-7H3. The molecule has 0 atom stereocenters. The minimum Gasteiger partial charge on any atom is -0.310 e. The van der Waals surface area contributed by atoms with Crippen LogP contribution in [0.25, 0.3) is 16.7 Å². The number of aryl methyl sites for hydroxylation is 3. The van der Waals surface area contributed by atoms with Gasteiger partial charge in [0.1, 0.15) is 0 Å². The summed E-state index contributed by atoms with van der Waals surface area (Å²) in [6, 6.07) is 51.1. The molecule has 6 aromatic carbocycles. The summed E-state index contributed by atoms with van der Waals surface area (Å²) in [5.41, 5.74) is 19.1. The first-order valence-corrected chi connectivity index (χ1v) is 24.1. The van der Waals surface area contributed by atoms with E-state index in [0.29, 0.717) is 0 Å². The van der Waals surface area contributed by atoms with E-state index in [0.717, 1.165) is 30.5 Å². The van der Waals surface area contributed by atoms with Crippen molar-refractivity contribution >= 4 is 39.7 Å². The number of hydrogen-bond acceptors (Lipinski definition) is 2. The number of benzene rings is 6. The van der Waals surface area contributed by atoms with Crippen LogP contribution in [-0.2, 0) is 11.8 Å². The summed E-state index contributed by atoms with van der Waals surface area (Å²) in [6.07, 6.45) is 18.9. The lowest BCUT2D eigenvalue weighted by Gasteiger charge is -2.35. The lowest BCUT2D eigenvalue weighted by molar-refractivity contribution is 0.398. The van der Waals surface area contributed by atoms with Gasteiger partial charge in [-0.2, -0.15) is 0 Å². The molecule has 0 heterocycles.